The Bertz CT molecular complexity index is 1460. The quantitative estimate of drug-likeness (QED) is 0.171. The number of nitrogens with zero attached hydrogens (tertiary/aromatic N) is 2. The van der Waals surface area contributed by atoms with Gasteiger partial charge in [0, 0.05) is 52.9 Å². The van der Waals surface area contributed by atoms with E-state index in [4.69, 9.17) is 11.1 Å². The second-order valence-electron chi connectivity index (χ2n) is 8.54. The number of benzene rings is 3. The molecule has 1 aromatic heterocycles. The molecule has 4 rings (SSSR count). The highest BCUT2D eigenvalue weighted by Gasteiger charge is 2.22. The van der Waals surface area contributed by atoms with Crippen molar-refractivity contribution in [1.82, 2.24) is 4.57 Å². The summed E-state index contributed by atoms with van der Waals surface area (Å²) in [6.07, 6.45) is 2.55. The third-order valence-corrected chi connectivity index (χ3v) is 6.05. The Morgan fingerprint density at radius 2 is 1.65 bits per heavy atom. The fourth-order valence-corrected chi connectivity index (χ4v) is 4.17. The summed E-state index contributed by atoms with van der Waals surface area (Å²) in [5, 5.41) is 17.6. The van der Waals surface area contributed by atoms with Gasteiger partial charge in [-0.05, 0) is 42.3 Å². The van der Waals surface area contributed by atoms with Crippen LogP contribution in [0.1, 0.15) is 38.3 Å². The van der Waals surface area contributed by atoms with E-state index in [0.717, 1.165) is 11.1 Å². The number of hydrogen-bond donors (Lipinski definition) is 3. The van der Waals surface area contributed by atoms with Crippen LogP contribution in [-0.4, -0.2) is 39.7 Å². The second kappa shape index (κ2) is 11.5. The van der Waals surface area contributed by atoms with E-state index < -0.39 is 18.4 Å². The molecule has 0 spiro atoms. The van der Waals surface area contributed by atoms with Gasteiger partial charge in [0.15, 0.2) is 5.78 Å². The summed E-state index contributed by atoms with van der Waals surface area (Å²) in [5.74, 6) is -1.64. The number of aromatic nitrogens is 1. The lowest BCUT2D eigenvalue weighted by atomic mass is 10.0. The molecule has 3 aromatic carbocycles. The van der Waals surface area contributed by atoms with Crippen molar-refractivity contribution in [2.24, 2.45) is 12.8 Å². The highest BCUT2D eigenvalue weighted by Crippen LogP contribution is 2.28. The number of rotatable bonds is 9. The number of aliphatic carboxylic acids is 1. The molecule has 8 nitrogen and oxygen atoms in total. The molecule has 190 valence electrons. The van der Waals surface area contributed by atoms with Gasteiger partial charge in [-0.25, -0.2) is 0 Å². The van der Waals surface area contributed by atoms with Crippen LogP contribution in [0.15, 0.2) is 79.0 Å². The molecule has 0 fully saturated rings. The van der Waals surface area contributed by atoms with Crippen LogP contribution in [0.2, 0.25) is 0 Å². The Hall–Kier alpha value is -4.43. The van der Waals surface area contributed by atoms with Crippen LogP contribution in [0.25, 0.3) is 10.9 Å². The van der Waals surface area contributed by atoms with E-state index in [-0.39, 0.29) is 30.4 Å². The topological polar surface area (TPSA) is 129 Å². The molecule has 0 saturated carbocycles. The molecule has 0 atom stereocenters. The maximum absolute atomic E-state index is 13.2. The highest BCUT2D eigenvalue weighted by atomic mass is 35.5. The first-order valence-electron chi connectivity index (χ1n) is 11.4. The van der Waals surface area contributed by atoms with Crippen LogP contribution in [0.3, 0.4) is 0 Å². The van der Waals surface area contributed by atoms with Gasteiger partial charge >= 0.3 is 5.97 Å². The Kier molecular flexibility index (Phi) is 8.47. The second-order valence-corrected chi connectivity index (χ2v) is 8.54. The average Bonchev–Trinajstić information content (AvgIpc) is 3.21. The summed E-state index contributed by atoms with van der Waals surface area (Å²) in [5.41, 5.74) is 9.17. The lowest BCUT2D eigenvalue weighted by Gasteiger charge is -2.21. The molecule has 0 saturated heterocycles. The Labute approximate surface area is 220 Å². The van der Waals surface area contributed by atoms with Crippen molar-refractivity contribution < 1.29 is 19.5 Å². The molecular formula is C28H27ClN4O4. The van der Waals surface area contributed by atoms with Crippen molar-refractivity contribution in [2.75, 3.05) is 11.4 Å². The predicted octanol–water partition coefficient (Wildman–Crippen LogP) is 4.43. The van der Waals surface area contributed by atoms with Crippen molar-refractivity contribution in [3.05, 3.63) is 101 Å². The Morgan fingerprint density at radius 3 is 2.27 bits per heavy atom. The van der Waals surface area contributed by atoms with Gasteiger partial charge in [-0.15, -0.1) is 12.4 Å². The molecule has 0 unspecified atom stereocenters. The summed E-state index contributed by atoms with van der Waals surface area (Å²) in [4.78, 5) is 39.1. The number of amides is 1. The monoisotopic (exact) mass is 518 g/mol. The number of nitrogen functional groups attached to an aromatic ring is 1. The molecule has 9 heteroatoms. The Balaban J connectivity index is 0.00000380. The lowest BCUT2D eigenvalue weighted by Crippen LogP contribution is -2.35. The van der Waals surface area contributed by atoms with Crippen molar-refractivity contribution in [3.63, 3.8) is 0 Å². The molecule has 0 aliphatic heterocycles. The van der Waals surface area contributed by atoms with Crippen LogP contribution in [0, 0.1) is 5.41 Å². The number of nitrogens with two attached hydrogens (primary N) is 1. The smallest absolute Gasteiger partial charge is 0.323 e. The van der Waals surface area contributed by atoms with Crippen LogP contribution in [0.4, 0.5) is 5.69 Å². The van der Waals surface area contributed by atoms with E-state index in [0.29, 0.717) is 34.2 Å². The zero-order chi connectivity index (χ0) is 25.8. The number of aryl methyl sites for hydroxylation is 2. The number of nitrogens with one attached hydrogen (secondary N) is 1. The molecule has 0 aliphatic rings. The van der Waals surface area contributed by atoms with E-state index in [9.17, 15) is 19.5 Å². The number of ketones is 1. The Morgan fingerprint density at radius 1 is 0.973 bits per heavy atom. The van der Waals surface area contributed by atoms with Crippen LogP contribution < -0.4 is 10.6 Å². The van der Waals surface area contributed by atoms with Crippen molar-refractivity contribution in [3.8, 4) is 0 Å². The lowest BCUT2D eigenvalue weighted by molar-refractivity contribution is -0.135. The van der Waals surface area contributed by atoms with E-state index >= 15 is 0 Å². The number of carboxylic acid groups (broad SMARTS) is 1. The SMILES string of the molecule is Cl.Cn1cc(C(=O)CCc2ccc(C(=N)N)cc2)c2cc(N(CC(=O)O)C(=O)c3ccccc3)ccc21. The number of carbonyl (C=O) groups excluding carboxylic acids is 2. The molecule has 37 heavy (non-hydrogen) atoms. The summed E-state index contributed by atoms with van der Waals surface area (Å²) in [6.45, 7) is -0.508. The number of carboxylic acids is 1. The number of halogens is 1. The van der Waals surface area contributed by atoms with Crippen molar-refractivity contribution in [2.45, 2.75) is 12.8 Å². The zero-order valence-corrected chi connectivity index (χ0v) is 21.0. The minimum Gasteiger partial charge on any atom is -0.480 e. The minimum absolute atomic E-state index is 0. The normalized spacial score (nSPS) is 10.5. The van der Waals surface area contributed by atoms with Crippen LogP contribution in [-0.2, 0) is 18.3 Å². The fraction of sp³-hybridized carbons (Fsp3) is 0.143. The number of hydrogen-bond acceptors (Lipinski definition) is 4. The average molecular weight is 519 g/mol. The largest absolute Gasteiger partial charge is 0.480 e. The van der Waals surface area contributed by atoms with Crippen molar-refractivity contribution in [1.29, 1.82) is 5.41 Å². The van der Waals surface area contributed by atoms with Gasteiger partial charge < -0.3 is 15.4 Å². The zero-order valence-electron chi connectivity index (χ0n) is 20.2. The molecular weight excluding hydrogens is 492 g/mol. The molecule has 4 N–H and O–H groups in total. The van der Waals surface area contributed by atoms with E-state index in [1.807, 2.05) is 23.7 Å². The van der Waals surface area contributed by atoms with Crippen LogP contribution in [0.5, 0.6) is 0 Å². The number of carbonyl (C=O) groups is 3. The van der Waals surface area contributed by atoms with Gasteiger partial charge in [0.2, 0.25) is 0 Å². The van der Waals surface area contributed by atoms with Gasteiger partial charge in [-0.1, -0.05) is 42.5 Å². The molecule has 1 heterocycles. The molecule has 0 aliphatic carbocycles. The van der Waals surface area contributed by atoms with E-state index in [1.54, 1.807) is 66.9 Å². The first kappa shape index (κ1) is 27.2. The predicted molar refractivity (Wildman–Crippen MR) is 146 cm³/mol. The van der Waals surface area contributed by atoms with Gasteiger partial charge in [-0.3, -0.25) is 24.7 Å². The number of fused-ring (bicyclic) bond motifs is 1. The molecule has 4 aromatic rings. The van der Waals surface area contributed by atoms with E-state index in [2.05, 4.69) is 0 Å². The van der Waals surface area contributed by atoms with Gasteiger partial charge in [0.1, 0.15) is 12.4 Å². The van der Waals surface area contributed by atoms with Gasteiger partial charge in [0.05, 0.1) is 0 Å². The summed E-state index contributed by atoms with van der Waals surface area (Å²) < 4.78 is 1.84. The molecule has 0 bridgehead atoms. The van der Waals surface area contributed by atoms with Gasteiger partial charge in [-0.2, -0.15) is 0 Å². The third-order valence-electron chi connectivity index (χ3n) is 6.05. The summed E-state index contributed by atoms with van der Waals surface area (Å²) in [6, 6.07) is 20.9. The van der Waals surface area contributed by atoms with Crippen molar-refractivity contribution >= 4 is 52.5 Å². The summed E-state index contributed by atoms with van der Waals surface area (Å²) >= 11 is 0. The maximum atomic E-state index is 13.2. The third kappa shape index (κ3) is 6.05. The van der Waals surface area contributed by atoms with Crippen LogP contribution >= 0.6 is 12.4 Å². The maximum Gasteiger partial charge on any atom is 0.323 e. The van der Waals surface area contributed by atoms with Gasteiger partial charge in [0.25, 0.3) is 5.91 Å². The highest BCUT2D eigenvalue weighted by molar-refractivity contribution is 6.12. The van der Waals surface area contributed by atoms with E-state index in [1.165, 1.54) is 4.90 Å². The molecule has 0 radical (unpaired) electrons. The molecule has 1 amide bonds. The summed E-state index contributed by atoms with van der Waals surface area (Å²) in [7, 11) is 1.84. The number of anilines is 1. The fourth-order valence-electron chi connectivity index (χ4n) is 4.17. The minimum atomic E-state index is -1.14. The number of Topliss-reactive ketones (excluding diaryl/α,β-unsaturated/α-hetero) is 1. The standard InChI is InChI=1S/C28H26N4O4.ClH/c1-31-16-23(25(33)14-9-18-7-10-19(11-8-18)27(29)30)22-15-21(12-13-24(22)31)32(17-26(34)35)28(36)20-5-3-2-4-6-20;/h2-8,10-13,15-16H,9,14,17H2,1H3,(H3,29,30)(H,34,35);1H. The number of amidine groups is 1. The first-order chi connectivity index (χ1) is 17.2. The first-order valence-corrected chi connectivity index (χ1v) is 11.4.